The fraction of sp³-hybridized carbons (Fsp3) is 0.158. The van der Waals surface area contributed by atoms with Crippen LogP contribution >= 0.6 is 0 Å². The standard InChI is InChI=1S/2C19H16N.2ClH.Ti/c2*1-13-12-17-16-10-6-7-11-18(16)20(19(17)14(13)2)15-8-4-3-5-9-15;;;/h2*3-12H,1-2H3;2*1H;/q;;;;+2/p-2. The number of nitrogens with zero attached hydrogens (tertiary/aromatic N) is 2. The molecule has 0 spiro atoms. The van der Waals surface area contributed by atoms with Gasteiger partial charge in [-0.05, 0) is 0 Å². The van der Waals surface area contributed by atoms with Gasteiger partial charge in [-0.3, -0.25) is 0 Å². The summed E-state index contributed by atoms with van der Waals surface area (Å²) in [5.74, 6) is 0. The van der Waals surface area contributed by atoms with Gasteiger partial charge in [0.05, 0.1) is 0 Å². The van der Waals surface area contributed by atoms with Crippen LogP contribution in [0.3, 0.4) is 0 Å². The van der Waals surface area contributed by atoms with Crippen LogP contribution in [0.4, 0.5) is 0 Å². The molecule has 0 N–H and O–H groups in total. The predicted molar refractivity (Wildman–Crippen MR) is 169 cm³/mol. The van der Waals surface area contributed by atoms with Crippen molar-refractivity contribution >= 4 is 33.0 Å². The normalized spacial score (nSPS) is 17.1. The van der Waals surface area contributed by atoms with Crippen molar-refractivity contribution < 1.29 is 44.0 Å². The smallest absolute Gasteiger partial charge is 1.00 e. The number of hydrogen-bond acceptors (Lipinski definition) is 0. The van der Waals surface area contributed by atoms with Crippen molar-refractivity contribution in [3.05, 3.63) is 143 Å². The summed E-state index contributed by atoms with van der Waals surface area (Å²) in [5.41, 5.74) is 17.2. The van der Waals surface area contributed by atoms with Gasteiger partial charge in [0.2, 0.25) is 0 Å². The fourth-order valence-electron chi connectivity index (χ4n) is 7.37. The number of allylic oxidation sites excluding steroid dienone is 4. The number of benzene rings is 4. The fourth-order valence-corrected chi connectivity index (χ4v) is 10.8. The second-order valence-electron chi connectivity index (χ2n) is 11.5. The van der Waals surface area contributed by atoms with Gasteiger partial charge in [-0.1, -0.05) is 0 Å². The summed E-state index contributed by atoms with van der Waals surface area (Å²) in [6, 6.07) is 40.0. The molecule has 6 aromatic rings. The van der Waals surface area contributed by atoms with Crippen molar-refractivity contribution in [1.29, 1.82) is 0 Å². The Hall–Kier alpha value is -3.27. The molecule has 0 bridgehead atoms. The average molecular weight is 635 g/mol. The van der Waals surface area contributed by atoms with Crippen LogP contribution in [0.1, 0.15) is 58.7 Å². The molecule has 43 heavy (non-hydrogen) atoms. The molecule has 0 fully saturated rings. The molecule has 5 heteroatoms. The van der Waals surface area contributed by atoms with E-state index in [1.54, 1.807) is 22.3 Å². The first kappa shape index (κ1) is 29.8. The Morgan fingerprint density at radius 3 is 1.21 bits per heavy atom. The molecule has 0 saturated carbocycles. The zero-order valence-corrected chi connectivity index (χ0v) is 27.8. The summed E-state index contributed by atoms with van der Waals surface area (Å²) < 4.78 is 6.03. The van der Waals surface area contributed by atoms with Gasteiger partial charge in [-0.15, -0.1) is 0 Å². The molecular weight excluding hydrogens is 603 g/mol. The van der Waals surface area contributed by atoms with E-state index in [2.05, 4.69) is 146 Å². The molecule has 2 unspecified atom stereocenters. The Morgan fingerprint density at radius 2 is 0.814 bits per heavy atom. The molecule has 0 amide bonds. The third kappa shape index (κ3) is 4.26. The van der Waals surface area contributed by atoms with Crippen molar-refractivity contribution in [1.82, 2.24) is 9.13 Å². The van der Waals surface area contributed by atoms with Crippen molar-refractivity contribution in [3.63, 3.8) is 0 Å². The minimum absolute atomic E-state index is 0. The largest absolute Gasteiger partial charge is 1.00 e. The molecule has 2 aliphatic carbocycles. The molecule has 8 rings (SSSR count). The number of para-hydroxylation sites is 4. The zero-order chi connectivity index (χ0) is 27.8. The van der Waals surface area contributed by atoms with Gasteiger partial charge in [0, 0.05) is 0 Å². The Labute approximate surface area is 274 Å². The van der Waals surface area contributed by atoms with E-state index >= 15 is 0 Å². The molecule has 0 saturated heterocycles. The molecule has 2 nitrogen and oxygen atoms in total. The van der Waals surface area contributed by atoms with Crippen LogP contribution in [0, 0.1) is 0 Å². The van der Waals surface area contributed by atoms with E-state index in [0.29, 0.717) is 8.45 Å². The van der Waals surface area contributed by atoms with E-state index < -0.39 is 19.2 Å². The Balaban J connectivity index is 0.00000165. The third-order valence-electron chi connectivity index (χ3n) is 9.53. The van der Waals surface area contributed by atoms with Gasteiger partial charge in [0.25, 0.3) is 0 Å². The van der Waals surface area contributed by atoms with Crippen LogP contribution in [0.25, 0.3) is 44.3 Å². The van der Waals surface area contributed by atoms with Crippen molar-refractivity contribution in [2.75, 3.05) is 0 Å². The summed E-state index contributed by atoms with van der Waals surface area (Å²) in [6.07, 6.45) is 0. The summed E-state index contributed by atoms with van der Waals surface area (Å²) in [5, 5.41) is 2.83. The molecule has 2 aromatic heterocycles. The van der Waals surface area contributed by atoms with E-state index in [9.17, 15) is 0 Å². The number of rotatable bonds is 4. The van der Waals surface area contributed by atoms with Gasteiger partial charge < -0.3 is 24.8 Å². The van der Waals surface area contributed by atoms with Crippen molar-refractivity contribution in [2.45, 2.75) is 36.1 Å². The Morgan fingerprint density at radius 1 is 0.465 bits per heavy atom. The average Bonchev–Trinajstić information content (AvgIpc) is 3.68. The second kappa shape index (κ2) is 11.3. The van der Waals surface area contributed by atoms with Crippen LogP contribution in [-0.2, 0) is 19.2 Å². The van der Waals surface area contributed by atoms with E-state index in [1.165, 1.54) is 55.7 Å². The van der Waals surface area contributed by atoms with Crippen molar-refractivity contribution in [3.8, 4) is 11.4 Å². The summed E-state index contributed by atoms with van der Waals surface area (Å²) in [6.45, 7) is 9.52. The second-order valence-corrected chi connectivity index (χ2v) is 13.9. The predicted octanol–water partition coefficient (Wildman–Crippen LogP) is 4.06. The first-order valence-corrected chi connectivity index (χ1v) is 16.4. The molecule has 212 valence electrons. The first-order valence-electron chi connectivity index (χ1n) is 14.5. The zero-order valence-electron chi connectivity index (χ0n) is 24.7. The van der Waals surface area contributed by atoms with Crippen LogP contribution in [0.5, 0.6) is 0 Å². The maximum Gasteiger partial charge on any atom is -1.00 e. The van der Waals surface area contributed by atoms with Gasteiger partial charge in [0.1, 0.15) is 0 Å². The van der Waals surface area contributed by atoms with Crippen LogP contribution in [0.15, 0.2) is 120 Å². The maximum atomic E-state index is 2.52. The molecule has 2 aliphatic rings. The van der Waals surface area contributed by atoms with Gasteiger partial charge in [-0.2, -0.15) is 0 Å². The SMILES string of the molecule is CC1=C(C)[CH]([Ti+2][CH]2C(C)=C(C)c3c2c2ccccc2n3-c2ccccc2)c2c1n(-c1ccccc1)c1ccccc21.[Cl-].[Cl-]. The van der Waals surface area contributed by atoms with Gasteiger partial charge in [0.15, 0.2) is 0 Å². The van der Waals surface area contributed by atoms with E-state index in [4.69, 9.17) is 0 Å². The minimum Gasteiger partial charge on any atom is -1.00 e. The molecule has 4 aromatic carbocycles. The van der Waals surface area contributed by atoms with Gasteiger partial charge >= 0.3 is 252 Å². The quantitative estimate of drug-likeness (QED) is 0.259. The number of hydrogen-bond donors (Lipinski definition) is 0. The monoisotopic (exact) mass is 634 g/mol. The Bertz CT molecular complexity index is 1920. The molecule has 0 aliphatic heterocycles. The number of fused-ring (bicyclic) bond motifs is 6. The number of halogens is 2. The summed E-state index contributed by atoms with van der Waals surface area (Å²) in [7, 11) is 0. The minimum atomic E-state index is -0.489. The topological polar surface area (TPSA) is 9.86 Å². The maximum absolute atomic E-state index is 2.52. The molecular formula is C38H32Cl2N2Ti. The van der Waals surface area contributed by atoms with Crippen LogP contribution < -0.4 is 24.8 Å². The molecule has 0 radical (unpaired) electrons. The molecule has 2 atom stereocenters. The van der Waals surface area contributed by atoms with Crippen LogP contribution in [-0.4, -0.2) is 9.13 Å². The van der Waals surface area contributed by atoms with Gasteiger partial charge in [-0.25, -0.2) is 0 Å². The third-order valence-corrected chi connectivity index (χ3v) is 12.8. The van der Waals surface area contributed by atoms with E-state index in [1.807, 2.05) is 0 Å². The van der Waals surface area contributed by atoms with E-state index in [0.717, 1.165) is 0 Å². The summed E-state index contributed by atoms with van der Waals surface area (Å²) in [4.78, 5) is 0. The van der Waals surface area contributed by atoms with Crippen LogP contribution in [0.2, 0.25) is 0 Å². The Kier molecular flexibility index (Phi) is 7.86. The first-order chi connectivity index (χ1) is 20.1. The molecule has 2 heterocycles. The van der Waals surface area contributed by atoms with E-state index in [-0.39, 0.29) is 24.8 Å². The number of aromatic nitrogens is 2. The van der Waals surface area contributed by atoms with Crippen molar-refractivity contribution in [2.24, 2.45) is 0 Å². The summed E-state index contributed by atoms with van der Waals surface area (Å²) >= 11 is -0.489.